The zero-order valence-electron chi connectivity index (χ0n) is 11.1. The third-order valence-corrected chi connectivity index (χ3v) is 2.84. The lowest BCUT2D eigenvalue weighted by atomic mass is 9.99. The van der Waals surface area contributed by atoms with Gasteiger partial charge in [-0.1, -0.05) is 19.9 Å². The maximum atomic E-state index is 13.1. The molecule has 1 aromatic carbocycles. The lowest BCUT2D eigenvalue weighted by Gasteiger charge is -2.14. The van der Waals surface area contributed by atoms with Gasteiger partial charge < -0.3 is 5.32 Å². The molecule has 1 nitrogen and oxygen atoms in total. The van der Waals surface area contributed by atoms with Gasteiger partial charge in [0.2, 0.25) is 0 Å². The van der Waals surface area contributed by atoms with E-state index in [0.717, 1.165) is 31.6 Å². The summed E-state index contributed by atoms with van der Waals surface area (Å²) < 4.78 is 50.8. The Morgan fingerprint density at radius 1 is 1.26 bits per heavy atom. The molecule has 0 radical (unpaired) electrons. The van der Waals surface area contributed by atoms with Crippen LogP contribution in [0.2, 0.25) is 0 Å². The minimum absolute atomic E-state index is 0.207. The van der Waals surface area contributed by atoms with Crippen LogP contribution in [0.5, 0.6) is 0 Å². The van der Waals surface area contributed by atoms with Crippen molar-refractivity contribution in [3.8, 4) is 0 Å². The fourth-order valence-corrected chi connectivity index (χ4v) is 1.92. The Labute approximate surface area is 111 Å². The highest BCUT2D eigenvalue weighted by atomic mass is 19.4. The number of alkyl halides is 3. The van der Waals surface area contributed by atoms with Crippen molar-refractivity contribution in [1.82, 2.24) is 5.32 Å². The topological polar surface area (TPSA) is 12.0 Å². The number of hydrogen-bond acceptors (Lipinski definition) is 1. The average Bonchev–Trinajstić information content (AvgIpc) is 2.30. The number of hydrogen-bond donors (Lipinski definition) is 1. The van der Waals surface area contributed by atoms with E-state index in [4.69, 9.17) is 0 Å². The zero-order valence-corrected chi connectivity index (χ0v) is 11.1. The highest BCUT2D eigenvalue weighted by Gasteiger charge is 2.34. The predicted molar refractivity (Wildman–Crippen MR) is 67.4 cm³/mol. The minimum atomic E-state index is -4.64. The predicted octanol–water partition coefficient (Wildman–Crippen LogP) is 4.02. The molecule has 19 heavy (non-hydrogen) atoms. The highest BCUT2D eigenvalue weighted by molar-refractivity contribution is 5.27. The first-order chi connectivity index (χ1) is 8.84. The van der Waals surface area contributed by atoms with E-state index >= 15 is 0 Å². The van der Waals surface area contributed by atoms with E-state index in [0.29, 0.717) is 12.0 Å². The second-order valence-electron chi connectivity index (χ2n) is 4.83. The Balaban J connectivity index is 2.69. The smallest absolute Gasteiger partial charge is 0.316 e. The summed E-state index contributed by atoms with van der Waals surface area (Å²) in [6.45, 7) is 5.64. The molecule has 0 spiro atoms. The van der Waals surface area contributed by atoms with Crippen molar-refractivity contribution in [2.24, 2.45) is 5.92 Å². The van der Waals surface area contributed by atoms with E-state index < -0.39 is 17.6 Å². The summed E-state index contributed by atoms with van der Waals surface area (Å²) in [5, 5.41) is 3.22. The molecule has 1 atom stereocenters. The molecule has 0 saturated heterocycles. The van der Waals surface area contributed by atoms with E-state index in [2.05, 4.69) is 5.32 Å². The number of halogens is 4. The van der Waals surface area contributed by atoms with Gasteiger partial charge in [-0.05, 0) is 49.5 Å². The summed E-state index contributed by atoms with van der Waals surface area (Å²) >= 11 is 0. The van der Waals surface area contributed by atoms with E-state index in [9.17, 15) is 17.6 Å². The van der Waals surface area contributed by atoms with Crippen molar-refractivity contribution in [3.63, 3.8) is 0 Å². The first kappa shape index (κ1) is 16.0. The van der Waals surface area contributed by atoms with E-state index in [1.807, 2.05) is 13.8 Å². The van der Waals surface area contributed by atoms with Crippen molar-refractivity contribution in [3.05, 3.63) is 35.1 Å². The Morgan fingerprint density at radius 2 is 1.95 bits per heavy atom. The summed E-state index contributed by atoms with van der Waals surface area (Å²) in [6, 6.07) is 3.22. The quantitative estimate of drug-likeness (QED) is 0.611. The standard InChI is InChI=1S/C14H19F4N/c1-3-6-19-9-10(2)7-11-4-5-13(15)12(8-11)14(16,17)18/h4-5,8,10,19H,3,6-7,9H2,1-2H3. The van der Waals surface area contributed by atoms with E-state index in [1.165, 1.54) is 6.07 Å². The molecule has 0 saturated carbocycles. The number of nitrogens with one attached hydrogen (secondary N) is 1. The molecule has 0 aromatic heterocycles. The molecule has 0 heterocycles. The first-order valence-corrected chi connectivity index (χ1v) is 6.41. The summed E-state index contributed by atoms with van der Waals surface area (Å²) in [7, 11) is 0. The van der Waals surface area contributed by atoms with Gasteiger partial charge in [0.25, 0.3) is 0 Å². The van der Waals surface area contributed by atoms with Gasteiger partial charge in [-0.2, -0.15) is 13.2 Å². The molecule has 1 unspecified atom stereocenters. The second kappa shape index (κ2) is 6.89. The SMILES string of the molecule is CCCNCC(C)Cc1ccc(F)c(C(F)(F)F)c1. The Morgan fingerprint density at radius 3 is 2.53 bits per heavy atom. The van der Waals surface area contributed by atoms with Crippen molar-refractivity contribution in [2.75, 3.05) is 13.1 Å². The van der Waals surface area contributed by atoms with Gasteiger partial charge in [-0.15, -0.1) is 0 Å². The van der Waals surface area contributed by atoms with Crippen LogP contribution in [0.3, 0.4) is 0 Å². The van der Waals surface area contributed by atoms with Crippen LogP contribution < -0.4 is 5.32 Å². The molecule has 1 rings (SSSR count). The van der Waals surface area contributed by atoms with Crippen LogP contribution >= 0.6 is 0 Å². The van der Waals surface area contributed by atoms with Crippen molar-refractivity contribution in [1.29, 1.82) is 0 Å². The zero-order chi connectivity index (χ0) is 14.5. The van der Waals surface area contributed by atoms with Gasteiger partial charge in [-0.3, -0.25) is 0 Å². The van der Waals surface area contributed by atoms with Crippen LogP contribution in [0.4, 0.5) is 17.6 Å². The highest BCUT2D eigenvalue weighted by Crippen LogP contribution is 2.32. The third kappa shape index (κ3) is 5.19. The molecule has 1 aromatic rings. The van der Waals surface area contributed by atoms with Crippen molar-refractivity contribution >= 4 is 0 Å². The van der Waals surface area contributed by atoms with E-state index in [-0.39, 0.29) is 5.92 Å². The van der Waals surface area contributed by atoms with Crippen LogP contribution in [-0.2, 0) is 12.6 Å². The van der Waals surface area contributed by atoms with E-state index in [1.54, 1.807) is 0 Å². The molecular weight excluding hydrogens is 258 g/mol. The van der Waals surface area contributed by atoms with Gasteiger partial charge in [-0.25, -0.2) is 4.39 Å². The molecule has 0 fully saturated rings. The van der Waals surface area contributed by atoms with Crippen LogP contribution in [0, 0.1) is 11.7 Å². The maximum absolute atomic E-state index is 13.1. The largest absolute Gasteiger partial charge is 0.419 e. The number of rotatable bonds is 6. The van der Waals surface area contributed by atoms with Crippen molar-refractivity contribution in [2.45, 2.75) is 32.9 Å². The normalized spacial score (nSPS) is 13.6. The minimum Gasteiger partial charge on any atom is -0.316 e. The molecule has 0 bridgehead atoms. The molecule has 1 N–H and O–H groups in total. The summed E-state index contributed by atoms with van der Waals surface area (Å²) in [5.74, 6) is -1.01. The maximum Gasteiger partial charge on any atom is 0.419 e. The molecule has 0 aliphatic carbocycles. The molecular formula is C14H19F4N. The Hall–Kier alpha value is -1.10. The van der Waals surface area contributed by atoms with Crippen LogP contribution in [-0.4, -0.2) is 13.1 Å². The summed E-state index contributed by atoms with van der Waals surface area (Å²) in [4.78, 5) is 0. The second-order valence-corrected chi connectivity index (χ2v) is 4.83. The van der Waals surface area contributed by atoms with Gasteiger partial charge >= 0.3 is 6.18 Å². The molecule has 108 valence electrons. The average molecular weight is 277 g/mol. The van der Waals surface area contributed by atoms with Crippen LogP contribution in [0.1, 0.15) is 31.4 Å². The first-order valence-electron chi connectivity index (χ1n) is 6.41. The van der Waals surface area contributed by atoms with Crippen molar-refractivity contribution < 1.29 is 17.6 Å². The van der Waals surface area contributed by atoms with Crippen LogP contribution in [0.25, 0.3) is 0 Å². The Kier molecular flexibility index (Phi) is 5.79. The summed E-state index contributed by atoms with van der Waals surface area (Å²) in [5.41, 5.74) is -0.668. The van der Waals surface area contributed by atoms with Gasteiger partial charge in [0.1, 0.15) is 5.82 Å². The molecule has 5 heteroatoms. The monoisotopic (exact) mass is 277 g/mol. The fraction of sp³-hybridized carbons (Fsp3) is 0.571. The number of benzene rings is 1. The van der Waals surface area contributed by atoms with Gasteiger partial charge in [0.15, 0.2) is 0 Å². The Bertz CT molecular complexity index is 401. The summed E-state index contributed by atoms with van der Waals surface area (Å²) in [6.07, 6.45) is -3.12. The molecule has 0 aliphatic heterocycles. The molecule has 0 amide bonds. The van der Waals surface area contributed by atoms with Gasteiger partial charge in [0, 0.05) is 0 Å². The lowest BCUT2D eigenvalue weighted by molar-refractivity contribution is -0.140. The lowest BCUT2D eigenvalue weighted by Crippen LogP contribution is -2.23. The van der Waals surface area contributed by atoms with Gasteiger partial charge in [0.05, 0.1) is 5.56 Å². The fourth-order valence-electron chi connectivity index (χ4n) is 1.92. The third-order valence-electron chi connectivity index (χ3n) is 2.84. The van der Waals surface area contributed by atoms with Crippen LogP contribution in [0.15, 0.2) is 18.2 Å². The molecule has 0 aliphatic rings.